The second-order valence-electron chi connectivity index (χ2n) is 10.7. The molecule has 0 radical (unpaired) electrons. The van der Waals surface area contributed by atoms with E-state index in [-0.39, 0.29) is 24.7 Å². The van der Waals surface area contributed by atoms with Gasteiger partial charge in [-0.2, -0.15) is 13.2 Å². The highest BCUT2D eigenvalue weighted by atomic mass is 19.4. The van der Waals surface area contributed by atoms with Gasteiger partial charge in [0.15, 0.2) is 5.69 Å². The van der Waals surface area contributed by atoms with Crippen molar-refractivity contribution in [3.05, 3.63) is 89.7 Å². The van der Waals surface area contributed by atoms with Crippen LogP contribution in [0.25, 0.3) is 0 Å². The number of carbonyl (C=O) groups is 3. The Kier molecular flexibility index (Phi) is 8.31. The number of halogens is 3. The fourth-order valence-electron chi connectivity index (χ4n) is 5.70. The minimum absolute atomic E-state index is 0.0274. The van der Waals surface area contributed by atoms with E-state index in [1.54, 1.807) is 42.7 Å². The van der Waals surface area contributed by atoms with E-state index < -0.39 is 35.2 Å². The van der Waals surface area contributed by atoms with Crippen molar-refractivity contribution in [1.29, 1.82) is 0 Å². The number of aryl methyl sites for hydroxylation is 1. The van der Waals surface area contributed by atoms with Crippen LogP contribution in [0, 0.1) is 5.92 Å². The summed E-state index contributed by atoms with van der Waals surface area (Å²) in [5, 5.41) is 0. The van der Waals surface area contributed by atoms with Gasteiger partial charge in [-0.1, -0.05) is 37.3 Å². The zero-order valence-corrected chi connectivity index (χ0v) is 23.2. The summed E-state index contributed by atoms with van der Waals surface area (Å²) in [5.41, 5.74) is 2.94. The van der Waals surface area contributed by atoms with Crippen molar-refractivity contribution in [2.24, 2.45) is 5.92 Å². The van der Waals surface area contributed by atoms with E-state index in [1.807, 2.05) is 31.2 Å². The summed E-state index contributed by atoms with van der Waals surface area (Å²) in [6, 6.07) is 17.2. The van der Waals surface area contributed by atoms with Gasteiger partial charge in [-0.05, 0) is 53.7 Å². The number of alkyl halides is 3. The third-order valence-corrected chi connectivity index (χ3v) is 8.00. The van der Waals surface area contributed by atoms with Gasteiger partial charge in [0, 0.05) is 54.3 Å². The van der Waals surface area contributed by atoms with Crippen LogP contribution >= 0.6 is 0 Å². The van der Waals surface area contributed by atoms with Gasteiger partial charge in [-0.25, -0.2) is 9.59 Å². The Bertz CT molecular complexity index is 1440. The van der Waals surface area contributed by atoms with E-state index in [0.29, 0.717) is 37.1 Å². The van der Waals surface area contributed by atoms with Crippen LogP contribution in [0.15, 0.2) is 73.1 Å². The summed E-state index contributed by atoms with van der Waals surface area (Å²) in [6.07, 6.45) is -0.0158. The summed E-state index contributed by atoms with van der Waals surface area (Å²) >= 11 is 0. The molecule has 0 spiro atoms. The van der Waals surface area contributed by atoms with Crippen molar-refractivity contribution < 1.29 is 32.4 Å². The largest absolute Gasteiger partial charge is 0.497 e. The molecule has 1 atom stereocenters. The van der Waals surface area contributed by atoms with E-state index in [9.17, 15) is 27.6 Å². The predicted octanol–water partition coefficient (Wildman–Crippen LogP) is 5.07. The molecule has 1 unspecified atom stereocenters. The number of hydrogen-bond donors (Lipinski definition) is 0. The number of quaternary nitrogens is 1. The van der Waals surface area contributed by atoms with Crippen molar-refractivity contribution in [1.82, 2.24) is 14.5 Å². The molecule has 2 amide bonds. The molecular weight excluding hydrogens is 549 g/mol. The molecule has 2 aromatic carbocycles. The number of pyridine rings is 1. The van der Waals surface area contributed by atoms with Crippen LogP contribution in [0.2, 0.25) is 0 Å². The van der Waals surface area contributed by atoms with E-state index in [1.165, 1.54) is 11.0 Å². The summed E-state index contributed by atoms with van der Waals surface area (Å²) < 4.78 is 39.6. The highest BCUT2D eigenvalue weighted by Gasteiger charge is 2.55. The minimum Gasteiger partial charge on any atom is -0.371 e. The zero-order valence-electron chi connectivity index (χ0n) is 23.2. The highest BCUT2D eigenvalue weighted by molar-refractivity contribution is 6.00. The summed E-state index contributed by atoms with van der Waals surface area (Å²) in [6.45, 7) is 2.48. The molecule has 1 aromatic heterocycles. The Labute approximate surface area is 241 Å². The van der Waals surface area contributed by atoms with Crippen LogP contribution in [0.1, 0.15) is 41.3 Å². The Morgan fingerprint density at radius 3 is 2.29 bits per heavy atom. The Morgan fingerprint density at radius 2 is 1.64 bits per heavy atom. The first-order valence-corrected chi connectivity index (χ1v) is 13.9. The number of hydroxylamine groups is 2. The Morgan fingerprint density at radius 1 is 0.976 bits per heavy atom. The lowest BCUT2D eigenvalue weighted by atomic mass is 9.95. The smallest absolute Gasteiger partial charge is 0.371 e. The molecule has 220 valence electrons. The van der Waals surface area contributed by atoms with Crippen molar-refractivity contribution in [2.75, 3.05) is 31.1 Å². The van der Waals surface area contributed by atoms with Crippen molar-refractivity contribution >= 4 is 29.2 Å². The first kappa shape index (κ1) is 29.2. The molecule has 3 aromatic rings. The summed E-state index contributed by atoms with van der Waals surface area (Å²) in [5.74, 6) is -3.93. The molecule has 5 rings (SSSR count). The normalized spacial score (nSPS) is 19.7. The molecule has 1 fully saturated rings. The Hall–Kier alpha value is -4.25. The molecule has 8 nitrogen and oxygen atoms in total. The van der Waals surface area contributed by atoms with Gasteiger partial charge in [-0.3, -0.25) is 14.6 Å². The number of amides is 2. The summed E-state index contributed by atoms with van der Waals surface area (Å²) in [7, 11) is 0. The number of hydrogen-bond acceptors (Lipinski definition) is 6. The van der Waals surface area contributed by atoms with Crippen molar-refractivity contribution in [3.8, 4) is 0 Å². The third kappa shape index (κ3) is 6.01. The first-order valence-electron chi connectivity index (χ1n) is 13.9. The van der Waals surface area contributed by atoms with E-state index in [0.717, 1.165) is 17.7 Å². The quantitative estimate of drug-likeness (QED) is 0.379. The monoisotopic (exact) mass is 581 g/mol. The number of anilines is 1. The standard InChI is InChI=1S/C31H32F3N4O4/c1-2-22-7-9-24(10-8-22)29(40)37-19-25-5-3-4-6-27(25)38(28(39)20-37,42-30(41)31(32,33)34)21-23-13-17-36(18-14-23)26-11-15-35-16-12-26/h3-12,15-16,23H,2,13-14,17-21H2,1H3/q+1. The van der Waals surface area contributed by atoms with Gasteiger partial charge in [0.1, 0.15) is 13.1 Å². The molecule has 2 aliphatic heterocycles. The molecule has 0 aliphatic carbocycles. The second-order valence-corrected chi connectivity index (χ2v) is 10.7. The lowest BCUT2D eigenvalue weighted by Crippen LogP contribution is -2.61. The van der Waals surface area contributed by atoms with Crippen LogP contribution < -0.4 is 9.55 Å². The number of rotatable bonds is 6. The molecule has 0 bridgehead atoms. The molecule has 3 heterocycles. The number of nitrogens with zero attached hydrogens (tertiary/aromatic N) is 4. The number of piperidine rings is 1. The van der Waals surface area contributed by atoms with Gasteiger partial charge >= 0.3 is 18.1 Å². The van der Waals surface area contributed by atoms with E-state index in [2.05, 4.69) is 9.88 Å². The first-order chi connectivity index (χ1) is 20.1. The van der Waals surface area contributed by atoms with Crippen LogP contribution in [-0.2, 0) is 27.4 Å². The maximum Gasteiger partial charge on any atom is 0.497 e. The topological polar surface area (TPSA) is 79.8 Å². The molecule has 0 saturated carbocycles. The lowest BCUT2D eigenvalue weighted by Gasteiger charge is -2.38. The predicted molar refractivity (Wildman–Crippen MR) is 150 cm³/mol. The van der Waals surface area contributed by atoms with Gasteiger partial charge in [0.25, 0.3) is 5.91 Å². The fraction of sp³-hybridized carbons (Fsp3) is 0.355. The zero-order chi connectivity index (χ0) is 29.9. The second kappa shape index (κ2) is 11.9. The van der Waals surface area contributed by atoms with Gasteiger partial charge in [0.05, 0.1) is 6.54 Å². The van der Waals surface area contributed by atoms with Gasteiger partial charge < -0.3 is 9.80 Å². The number of para-hydroxylation sites is 1. The number of benzene rings is 2. The van der Waals surface area contributed by atoms with Crippen molar-refractivity contribution in [2.45, 2.75) is 38.9 Å². The van der Waals surface area contributed by atoms with Crippen LogP contribution in [0.3, 0.4) is 0 Å². The lowest BCUT2D eigenvalue weighted by molar-refractivity contribution is -0.235. The molecule has 11 heteroatoms. The molecular formula is C31H32F3N4O4+. The average Bonchev–Trinajstić information content (AvgIpc) is 3.11. The molecule has 2 aliphatic rings. The number of aromatic nitrogens is 1. The maximum absolute atomic E-state index is 14.1. The maximum atomic E-state index is 14.1. The fourth-order valence-corrected chi connectivity index (χ4v) is 5.70. The third-order valence-electron chi connectivity index (χ3n) is 8.00. The van der Waals surface area contributed by atoms with Crippen LogP contribution in [0.5, 0.6) is 0 Å². The number of carbonyl (C=O) groups excluding carboxylic acids is 3. The van der Waals surface area contributed by atoms with Gasteiger partial charge in [-0.15, -0.1) is 0 Å². The van der Waals surface area contributed by atoms with Crippen LogP contribution in [0.4, 0.5) is 24.5 Å². The SMILES string of the molecule is CCc1ccc(C(=O)N2CC(=O)[N+](CC3CCN(c4ccncc4)CC3)(OC(=O)C(F)(F)F)c3ccccc3C2)cc1. The van der Waals surface area contributed by atoms with E-state index in [4.69, 9.17) is 4.84 Å². The van der Waals surface area contributed by atoms with Gasteiger partial charge in [0.2, 0.25) is 0 Å². The average molecular weight is 582 g/mol. The molecule has 42 heavy (non-hydrogen) atoms. The van der Waals surface area contributed by atoms with E-state index >= 15 is 0 Å². The minimum atomic E-state index is -5.31. The molecule has 1 saturated heterocycles. The van der Waals surface area contributed by atoms with Crippen molar-refractivity contribution in [3.63, 3.8) is 0 Å². The van der Waals surface area contributed by atoms with Crippen LogP contribution in [-0.4, -0.2) is 60.0 Å². The number of fused-ring (bicyclic) bond motifs is 1. The molecule has 0 N–H and O–H groups in total. The Balaban J connectivity index is 1.48. The highest BCUT2D eigenvalue weighted by Crippen LogP contribution is 2.37. The summed E-state index contributed by atoms with van der Waals surface area (Å²) in [4.78, 5) is 52.7.